The van der Waals surface area contributed by atoms with Crippen LogP contribution in [0.4, 0.5) is 0 Å². The summed E-state index contributed by atoms with van der Waals surface area (Å²) in [5.74, 6) is 0.105. The molecule has 0 atom stereocenters. The number of carbonyl (C=O) groups excluding carboxylic acids is 1. The first-order valence-electron chi connectivity index (χ1n) is 8.86. The topological polar surface area (TPSA) is 36.4 Å². The van der Waals surface area contributed by atoms with Gasteiger partial charge in [-0.2, -0.15) is 11.3 Å². The van der Waals surface area contributed by atoms with E-state index in [-0.39, 0.29) is 5.91 Å². The van der Waals surface area contributed by atoms with Crippen molar-refractivity contribution in [1.29, 1.82) is 0 Å². The van der Waals surface area contributed by atoms with Crippen LogP contribution in [0.25, 0.3) is 10.6 Å². The maximum atomic E-state index is 13.0. The highest BCUT2D eigenvalue weighted by atomic mass is 35.5. The number of halogens is 1. The van der Waals surface area contributed by atoms with Crippen LogP contribution < -0.4 is 0 Å². The minimum absolute atomic E-state index is 0.105. The Morgan fingerprint density at radius 2 is 2.04 bits per heavy atom. The molecule has 3 heterocycles. The molecule has 1 aromatic carbocycles. The third-order valence-electron chi connectivity index (χ3n) is 4.71. The van der Waals surface area contributed by atoms with Crippen molar-refractivity contribution < 1.29 is 4.79 Å². The molecule has 0 spiro atoms. The predicted octanol–water partition coefficient (Wildman–Crippen LogP) is 4.79. The molecule has 0 unspecified atom stereocenters. The standard InChI is InChI=1S/C20H20ClN3OS2/c1-14-18(27-19(22-14)16-5-10-26-13-16)20(25)24-8-6-23(7-9-24)12-15-3-2-4-17(21)11-15/h2-5,10-11,13H,6-9,12H2,1H3. The van der Waals surface area contributed by atoms with Crippen LogP contribution in [-0.4, -0.2) is 46.9 Å². The van der Waals surface area contributed by atoms with Gasteiger partial charge in [0.2, 0.25) is 0 Å². The first-order valence-corrected chi connectivity index (χ1v) is 11.0. The fraction of sp³-hybridized carbons (Fsp3) is 0.300. The van der Waals surface area contributed by atoms with E-state index in [0.29, 0.717) is 0 Å². The van der Waals surface area contributed by atoms with Crippen molar-refractivity contribution in [2.45, 2.75) is 13.5 Å². The van der Waals surface area contributed by atoms with Gasteiger partial charge in [-0.05, 0) is 36.1 Å². The lowest BCUT2D eigenvalue weighted by Crippen LogP contribution is -2.48. The maximum absolute atomic E-state index is 13.0. The third-order valence-corrected chi connectivity index (χ3v) is 6.83. The molecule has 7 heteroatoms. The minimum Gasteiger partial charge on any atom is -0.335 e. The maximum Gasteiger partial charge on any atom is 0.265 e. The van der Waals surface area contributed by atoms with Crippen LogP contribution in [0.2, 0.25) is 5.02 Å². The van der Waals surface area contributed by atoms with Gasteiger partial charge in [-0.3, -0.25) is 9.69 Å². The lowest BCUT2D eigenvalue weighted by Gasteiger charge is -2.34. The quantitative estimate of drug-likeness (QED) is 0.612. The van der Waals surface area contributed by atoms with Crippen molar-refractivity contribution in [2.75, 3.05) is 26.2 Å². The third kappa shape index (κ3) is 4.24. The highest BCUT2D eigenvalue weighted by molar-refractivity contribution is 7.17. The Hall–Kier alpha value is -1.73. The van der Waals surface area contributed by atoms with Gasteiger partial charge in [0.25, 0.3) is 5.91 Å². The first-order chi connectivity index (χ1) is 13.1. The van der Waals surface area contributed by atoms with Gasteiger partial charge in [0.1, 0.15) is 9.88 Å². The van der Waals surface area contributed by atoms with E-state index in [1.165, 1.54) is 16.9 Å². The number of nitrogens with zero attached hydrogens (tertiary/aromatic N) is 3. The van der Waals surface area contributed by atoms with Gasteiger partial charge < -0.3 is 4.90 Å². The molecule has 0 bridgehead atoms. The van der Waals surface area contributed by atoms with E-state index in [1.54, 1.807) is 11.3 Å². The molecular formula is C20H20ClN3OS2. The number of carbonyl (C=O) groups is 1. The van der Waals surface area contributed by atoms with Crippen molar-refractivity contribution >= 4 is 40.2 Å². The van der Waals surface area contributed by atoms with Crippen molar-refractivity contribution in [3.8, 4) is 10.6 Å². The fourth-order valence-electron chi connectivity index (χ4n) is 3.25. The van der Waals surface area contributed by atoms with Crippen LogP contribution in [0.3, 0.4) is 0 Å². The van der Waals surface area contributed by atoms with Crippen LogP contribution in [0.15, 0.2) is 41.1 Å². The van der Waals surface area contributed by atoms with Crippen LogP contribution in [-0.2, 0) is 6.54 Å². The van der Waals surface area contributed by atoms with E-state index in [9.17, 15) is 4.79 Å². The second kappa shape index (κ2) is 8.10. The van der Waals surface area contributed by atoms with E-state index < -0.39 is 0 Å². The summed E-state index contributed by atoms with van der Waals surface area (Å²) in [6.45, 7) is 6.01. The first kappa shape index (κ1) is 18.6. The van der Waals surface area contributed by atoms with E-state index in [0.717, 1.165) is 58.9 Å². The number of thiophene rings is 1. The van der Waals surface area contributed by atoms with Gasteiger partial charge in [-0.15, -0.1) is 11.3 Å². The number of amides is 1. The van der Waals surface area contributed by atoms with E-state index in [1.807, 2.05) is 41.5 Å². The molecule has 1 aliphatic rings. The number of thiazole rings is 1. The monoisotopic (exact) mass is 417 g/mol. The summed E-state index contributed by atoms with van der Waals surface area (Å²) >= 11 is 9.22. The summed E-state index contributed by atoms with van der Waals surface area (Å²) < 4.78 is 0. The lowest BCUT2D eigenvalue weighted by molar-refractivity contribution is 0.0632. The SMILES string of the molecule is Cc1nc(-c2ccsc2)sc1C(=O)N1CCN(Cc2cccc(Cl)c2)CC1. The molecule has 1 saturated heterocycles. The van der Waals surface area contributed by atoms with Gasteiger partial charge in [-0.25, -0.2) is 4.98 Å². The van der Waals surface area contributed by atoms with Gasteiger partial charge >= 0.3 is 0 Å². The van der Waals surface area contributed by atoms with Gasteiger partial charge in [0, 0.05) is 48.7 Å². The Kier molecular flexibility index (Phi) is 5.59. The Labute approximate surface area is 172 Å². The summed E-state index contributed by atoms with van der Waals surface area (Å²) in [5.41, 5.74) is 3.13. The molecule has 0 saturated carbocycles. The van der Waals surface area contributed by atoms with Crippen molar-refractivity contribution in [3.05, 3.63) is 62.2 Å². The molecule has 1 amide bonds. The van der Waals surface area contributed by atoms with Crippen LogP contribution >= 0.6 is 34.3 Å². The molecule has 0 radical (unpaired) electrons. The zero-order chi connectivity index (χ0) is 18.8. The second-order valence-electron chi connectivity index (χ2n) is 6.64. The molecule has 140 valence electrons. The summed E-state index contributed by atoms with van der Waals surface area (Å²) in [4.78, 5) is 22.7. The largest absolute Gasteiger partial charge is 0.335 e. The highest BCUT2D eigenvalue weighted by Crippen LogP contribution is 2.30. The van der Waals surface area contributed by atoms with E-state index in [4.69, 9.17) is 11.6 Å². The van der Waals surface area contributed by atoms with Crippen molar-refractivity contribution in [1.82, 2.24) is 14.8 Å². The average Bonchev–Trinajstić information content (AvgIpc) is 3.31. The van der Waals surface area contributed by atoms with Crippen LogP contribution in [0, 0.1) is 6.92 Å². The Morgan fingerprint density at radius 1 is 1.22 bits per heavy atom. The predicted molar refractivity (Wildman–Crippen MR) is 113 cm³/mol. The molecule has 4 nitrogen and oxygen atoms in total. The molecule has 4 rings (SSSR count). The van der Waals surface area contributed by atoms with E-state index in [2.05, 4.69) is 21.3 Å². The number of piperazine rings is 1. The van der Waals surface area contributed by atoms with Crippen molar-refractivity contribution in [2.24, 2.45) is 0 Å². The zero-order valence-corrected chi connectivity index (χ0v) is 17.4. The molecule has 1 aliphatic heterocycles. The summed E-state index contributed by atoms with van der Waals surface area (Å²) in [6.07, 6.45) is 0. The molecule has 2 aromatic heterocycles. The highest BCUT2D eigenvalue weighted by Gasteiger charge is 2.25. The molecule has 27 heavy (non-hydrogen) atoms. The normalized spacial score (nSPS) is 15.3. The Balaban J connectivity index is 1.39. The fourth-order valence-corrected chi connectivity index (χ4v) is 5.21. The molecule has 0 N–H and O–H groups in total. The number of hydrogen-bond donors (Lipinski definition) is 0. The summed E-state index contributed by atoms with van der Waals surface area (Å²) in [6, 6.07) is 10.0. The second-order valence-corrected chi connectivity index (χ2v) is 8.86. The van der Waals surface area contributed by atoms with Gasteiger partial charge in [0.15, 0.2) is 0 Å². The summed E-state index contributed by atoms with van der Waals surface area (Å²) in [5, 5.41) is 5.80. The minimum atomic E-state index is 0.105. The lowest BCUT2D eigenvalue weighted by atomic mass is 10.2. The van der Waals surface area contributed by atoms with Gasteiger partial charge in [-0.1, -0.05) is 23.7 Å². The number of aromatic nitrogens is 1. The molecular weight excluding hydrogens is 398 g/mol. The smallest absolute Gasteiger partial charge is 0.265 e. The van der Waals surface area contributed by atoms with E-state index >= 15 is 0 Å². The zero-order valence-electron chi connectivity index (χ0n) is 15.0. The van der Waals surface area contributed by atoms with Crippen LogP contribution in [0.5, 0.6) is 0 Å². The Morgan fingerprint density at radius 3 is 2.74 bits per heavy atom. The molecule has 0 aliphatic carbocycles. The summed E-state index contributed by atoms with van der Waals surface area (Å²) in [7, 11) is 0. The number of benzene rings is 1. The van der Waals surface area contributed by atoms with Gasteiger partial charge in [0.05, 0.1) is 5.69 Å². The average molecular weight is 418 g/mol. The number of hydrogen-bond acceptors (Lipinski definition) is 5. The molecule has 1 fully saturated rings. The number of aryl methyl sites for hydroxylation is 1. The van der Waals surface area contributed by atoms with Crippen molar-refractivity contribution in [3.63, 3.8) is 0 Å². The number of rotatable bonds is 4. The Bertz CT molecular complexity index is 931. The van der Waals surface area contributed by atoms with Crippen LogP contribution in [0.1, 0.15) is 20.9 Å². The molecule has 3 aromatic rings.